The van der Waals surface area contributed by atoms with Gasteiger partial charge in [-0.15, -0.1) is 0 Å². The number of hydrogen-bond acceptors (Lipinski definition) is 3. The van der Waals surface area contributed by atoms with Gasteiger partial charge >= 0.3 is 0 Å². The highest BCUT2D eigenvalue weighted by Gasteiger charge is 2.34. The molecule has 1 aliphatic carbocycles. The summed E-state index contributed by atoms with van der Waals surface area (Å²) in [4.78, 5) is 3.86. The number of nitrogens with zero attached hydrogens (tertiary/aromatic N) is 3. The molecule has 1 aliphatic heterocycles. The Balaban J connectivity index is 1.63. The SMILES string of the molecule is O=S(=O)(c1ccc(F)cc1F)N1CCc2c(ncn2C2CCC2)C1. The predicted molar refractivity (Wildman–Crippen MR) is 82.8 cm³/mol. The van der Waals surface area contributed by atoms with Gasteiger partial charge in [-0.1, -0.05) is 0 Å². The maximum Gasteiger partial charge on any atom is 0.246 e. The van der Waals surface area contributed by atoms with Crippen LogP contribution in [0.5, 0.6) is 0 Å². The Bertz CT molecular complexity index is 891. The highest BCUT2D eigenvalue weighted by atomic mass is 32.2. The van der Waals surface area contributed by atoms with Crippen LogP contribution in [0, 0.1) is 11.6 Å². The van der Waals surface area contributed by atoms with Crippen LogP contribution in [-0.2, 0) is 23.0 Å². The van der Waals surface area contributed by atoms with Crippen molar-refractivity contribution in [1.82, 2.24) is 13.9 Å². The van der Waals surface area contributed by atoms with Crippen molar-refractivity contribution in [3.63, 3.8) is 0 Å². The Labute approximate surface area is 139 Å². The number of rotatable bonds is 3. The van der Waals surface area contributed by atoms with Crippen molar-refractivity contribution < 1.29 is 17.2 Å². The van der Waals surface area contributed by atoms with Gasteiger partial charge in [-0.05, 0) is 31.4 Å². The van der Waals surface area contributed by atoms with Crippen molar-refractivity contribution in [2.45, 2.75) is 43.2 Å². The van der Waals surface area contributed by atoms with Gasteiger partial charge in [0.1, 0.15) is 16.5 Å². The van der Waals surface area contributed by atoms with E-state index in [1.54, 1.807) is 6.33 Å². The Morgan fingerprint density at radius 3 is 2.67 bits per heavy atom. The number of imidazole rings is 1. The van der Waals surface area contributed by atoms with Crippen LogP contribution < -0.4 is 0 Å². The Morgan fingerprint density at radius 1 is 1.21 bits per heavy atom. The maximum absolute atomic E-state index is 13.9. The van der Waals surface area contributed by atoms with Gasteiger partial charge in [-0.3, -0.25) is 0 Å². The molecule has 128 valence electrons. The molecule has 0 N–H and O–H groups in total. The van der Waals surface area contributed by atoms with E-state index in [9.17, 15) is 17.2 Å². The molecular weight excluding hydrogens is 336 g/mol. The molecule has 0 bridgehead atoms. The van der Waals surface area contributed by atoms with E-state index in [-0.39, 0.29) is 13.1 Å². The molecule has 5 nitrogen and oxygen atoms in total. The van der Waals surface area contributed by atoms with Gasteiger partial charge in [0.2, 0.25) is 10.0 Å². The second-order valence-electron chi connectivity index (χ2n) is 6.29. The molecule has 2 aromatic rings. The van der Waals surface area contributed by atoms with E-state index in [4.69, 9.17) is 0 Å². The van der Waals surface area contributed by atoms with Crippen LogP contribution in [0.15, 0.2) is 29.4 Å². The lowest BCUT2D eigenvalue weighted by Gasteiger charge is -2.31. The Morgan fingerprint density at radius 2 is 2.00 bits per heavy atom. The average molecular weight is 353 g/mol. The minimum absolute atomic E-state index is 0.119. The lowest BCUT2D eigenvalue weighted by atomic mass is 9.92. The third-order valence-electron chi connectivity index (χ3n) is 4.89. The largest absolute Gasteiger partial charge is 0.331 e. The fraction of sp³-hybridized carbons (Fsp3) is 0.438. The molecule has 1 aromatic carbocycles. The number of sulfonamides is 1. The van der Waals surface area contributed by atoms with E-state index in [2.05, 4.69) is 9.55 Å². The predicted octanol–water partition coefficient (Wildman–Crippen LogP) is 2.63. The van der Waals surface area contributed by atoms with Crippen LogP contribution in [0.1, 0.15) is 36.7 Å². The molecule has 0 spiro atoms. The molecule has 0 radical (unpaired) electrons. The van der Waals surface area contributed by atoms with Crippen molar-refractivity contribution in [3.05, 3.63) is 47.5 Å². The van der Waals surface area contributed by atoms with E-state index in [0.717, 1.165) is 36.4 Å². The lowest BCUT2D eigenvalue weighted by Crippen LogP contribution is -2.37. The highest BCUT2D eigenvalue weighted by molar-refractivity contribution is 7.89. The summed E-state index contributed by atoms with van der Waals surface area (Å²) >= 11 is 0. The van der Waals surface area contributed by atoms with Crippen molar-refractivity contribution in [1.29, 1.82) is 0 Å². The summed E-state index contributed by atoms with van der Waals surface area (Å²) in [6.45, 7) is 0.388. The number of benzene rings is 1. The summed E-state index contributed by atoms with van der Waals surface area (Å²) in [6.07, 6.45) is 5.80. The minimum atomic E-state index is -4.01. The van der Waals surface area contributed by atoms with Crippen molar-refractivity contribution >= 4 is 10.0 Å². The van der Waals surface area contributed by atoms with Crippen LogP contribution in [0.25, 0.3) is 0 Å². The first-order valence-corrected chi connectivity index (χ1v) is 9.40. The normalized spacial score (nSPS) is 19.1. The number of hydrogen-bond donors (Lipinski definition) is 0. The summed E-state index contributed by atoms with van der Waals surface area (Å²) in [5.74, 6) is -1.87. The van der Waals surface area contributed by atoms with E-state index in [1.807, 2.05) is 0 Å². The summed E-state index contributed by atoms with van der Waals surface area (Å²) < 4.78 is 55.6. The minimum Gasteiger partial charge on any atom is -0.331 e. The molecule has 0 amide bonds. The zero-order chi connectivity index (χ0) is 16.9. The van der Waals surface area contributed by atoms with E-state index in [0.29, 0.717) is 18.5 Å². The second kappa shape index (κ2) is 5.63. The quantitative estimate of drug-likeness (QED) is 0.852. The first-order chi connectivity index (χ1) is 11.5. The van der Waals surface area contributed by atoms with Crippen molar-refractivity contribution in [2.75, 3.05) is 6.54 Å². The molecule has 0 saturated heterocycles. The fourth-order valence-electron chi connectivity index (χ4n) is 3.32. The van der Waals surface area contributed by atoms with Gasteiger partial charge in [-0.25, -0.2) is 22.2 Å². The molecule has 2 heterocycles. The average Bonchev–Trinajstić information content (AvgIpc) is 2.88. The topological polar surface area (TPSA) is 55.2 Å². The summed E-state index contributed by atoms with van der Waals surface area (Å²) in [7, 11) is -4.01. The van der Waals surface area contributed by atoms with Gasteiger partial charge in [0.25, 0.3) is 0 Å². The molecule has 0 unspecified atom stereocenters. The first kappa shape index (κ1) is 15.7. The Kier molecular flexibility index (Phi) is 3.69. The standard InChI is InChI=1S/C16H17F2N3O2S/c17-11-4-5-16(13(18)8-11)24(22,23)20-7-6-15-14(9-20)19-10-21(15)12-2-1-3-12/h4-5,8,10,12H,1-3,6-7,9H2. The second-order valence-corrected chi connectivity index (χ2v) is 8.20. The van der Waals surface area contributed by atoms with Crippen molar-refractivity contribution in [3.8, 4) is 0 Å². The molecule has 8 heteroatoms. The van der Waals surface area contributed by atoms with E-state index < -0.39 is 26.6 Å². The zero-order valence-corrected chi connectivity index (χ0v) is 13.8. The fourth-order valence-corrected chi connectivity index (χ4v) is 4.76. The van der Waals surface area contributed by atoms with Crippen LogP contribution in [0.3, 0.4) is 0 Å². The van der Waals surface area contributed by atoms with Gasteiger partial charge in [0.15, 0.2) is 0 Å². The van der Waals surface area contributed by atoms with Gasteiger partial charge in [0, 0.05) is 30.8 Å². The molecule has 24 heavy (non-hydrogen) atoms. The number of aromatic nitrogens is 2. The van der Waals surface area contributed by atoms with E-state index >= 15 is 0 Å². The van der Waals surface area contributed by atoms with Crippen LogP contribution in [0.2, 0.25) is 0 Å². The summed E-state index contributed by atoms with van der Waals surface area (Å²) in [6, 6.07) is 2.99. The van der Waals surface area contributed by atoms with Crippen LogP contribution in [-0.4, -0.2) is 28.8 Å². The monoisotopic (exact) mass is 353 g/mol. The van der Waals surface area contributed by atoms with Crippen LogP contribution >= 0.6 is 0 Å². The number of halogens is 2. The number of fused-ring (bicyclic) bond motifs is 1. The van der Waals surface area contributed by atoms with E-state index in [1.165, 1.54) is 10.7 Å². The highest BCUT2D eigenvalue weighted by Crippen LogP contribution is 2.35. The molecule has 1 saturated carbocycles. The first-order valence-electron chi connectivity index (χ1n) is 7.96. The summed E-state index contributed by atoms with van der Waals surface area (Å²) in [5, 5.41) is 0. The molecule has 1 aromatic heterocycles. The molecule has 2 aliphatic rings. The lowest BCUT2D eigenvalue weighted by molar-refractivity contribution is 0.298. The maximum atomic E-state index is 13.9. The zero-order valence-electron chi connectivity index (χ0n) is 13.0. The smallest absolute Gasteiger partial charge is 0.246 e. The molecule has 1 fully saturated rings. The molecule has 0 atom stereocenters. The Hall–Kier alpha value is -1.80. The van der Waals surface area contributed by atoms with Crippen molar-refractivity contribution in [2.24, 2.45) is 0 Å². The third-order valence-corrected chi connectivity index (χ3v) is 6.77. The molecular formula is C16H17F2N3O2S. The van der Waals surface area contributed by atoms with Gasteiger partial charge in [-0.2, -0.15) is 4.31 Å². The van der Waals surface area contributed by atoms with Crippen LogP contribution in [0.4, 0.5) is 8.78 Å². The third kappa shape index (κ3) is 2.44. The molecule has 4 rings (SSSR count). The summed E-state index contributed by atoms with van der Waals surface area (Å²) in [5.41, 5.74) is 1.80. The van der Waals surface area contributed by atoms with Gasteiger partial charge < -0.3 is 4.57 Å². The van der Waals surface area contributed by atoms with Gasteiger partial charge in [0.05, 0.1) is 18.6 Å².